The van der Waals surface area contributed by atoms with E-state index in [4.69, 9.17) is 9.47 Å². The smallest absolute Gasteiger partial charge is 0.165 e. The zero-order valence-electron chi connectivity index (χ0n) is 18.3. The molecule has 2 atom stereocenters. The number of hydrogen-bond acceptors (Lipinski definition) is 5. The van der Waals surface area contributed by atoms with Gasteiger partial charge < -0.3 is 24.8 Å². The number of phenolic OH excluding ortho intramolecular Hbond substituents is 1. The Balaban J connectivity index is 1.73. The molecule has 6 heteroatoms. The quantitative estimate of drug-likeness (QED) is 0.368. The van der Waals surface area contributed by atoms with Crippen LogP contribution in [-0.4, -0.2) is 29.0 Å². The highest BCUT2D eigenvalue weighted by molar-refractivity contribution is 5.30. The predicted octanol–water partition coefficient (Wildman–Crippen LogP) is 5.25. The fraction of sp³-hybridized carbons (Fsp3) is 0.222. The van der Waals surface area contributed by atoms with Crippen LogP contribution in [0.25, 0.3) is 0 Å². The van der Waals surface area contributed by atoms with Gasteiger partial charge in [0.15, 0.2) is 11.6 Å². The number of hydrogen-bond donors (Lipinski definition) is 3. The molecule has 0 heterocycles. The zero-order chi connectivity index (χ0) is 23.6. The lowest BCUT2D eigenvalue weighted by Crippen LogP contribution is -2.06. The summed E-state index contributed by atoms with van der Waals surface area (Å²) in [7, 11) is 1.58. The maximum Gasteiger partial charge on any atom is 0.165 e. The van der Waals surface area contributed by atoms with Gasteiger partial charge in [-0.1, -0.05) is 36.4 Å². The Bertz CT molecular complexity index is 1090. The van der Waals surface area contributed by atoms with Gasteiger partial charge in [0.25, 0.3) is 0 Å². The average molecular weight is 451 g/mol. The van der Waals surface area contributed by atoms with Gasteiger partial charge in [-0.15, -0.1) is 5.73 Å². The van der Waals surface area contributed by atoms with Crippen LogP contribution in [0.15, 0.2) is 90.2 Å². The van der Waals surface area contributed by atoms with Crippen LogP contribution in [0.4, 0.5) is 4.39 Å². The van der Waals surface area contributed by atoms with Gasteiger partial charge in [0.2, 0.25) is 0 Å². The summed E-state index contributed by atoms with van der Waals surface area (Å²) in [6.07, 6.45) is 0.356. The monoisotopic (exact) mass is 450 g/mol. The molecule has 0 bridgehead atoms. The predicted molar refractivity (Wildman–Crippen MR) is 124 cm³/mol. The SMILES string of the molecule is COc1ccc([C@H](O)CC(=C=CC[C@@H](O)c2ccc(O)c(F)c2)COc2ccccc2)cc1. The van der Waals surface area contributed by atoms with E-state index in [2.05, 4.69) is 5.73 Å². The molecule has 3 aromatic carbocycles. The lowest BCUT2D eigenvalue weighted by Gasteiger charge is -2.14. The van der Waals surface area contributed by atoms with Crippen molar-refractivity contribution in [1.29, 1.82) is 0 Å². The summed E-state index contributed by atoms with van der Waals surface area (Å²) in [5.74, 6) is 0.143. The van der Waals surface area contributed by atoms with Gasteiger partial charge in [0, 0.05) is 18.4 Å². The molecule has 0 aliphatic heterocycles. The Hall–Kier alpha value is -3.57. The van der Waals surface area contributed by atoms with Crippen molar-refractivity contribution in [1.82, 2.24) is 0 Å². The van der Waals surface area contributed by atoms with E-state index in [9.17, 15) is 19.7 Å². The van der Waals surface area contributed by atoms with Gasteiger partial charge in [0.1, 0.15) is 18.1 Å². The molecule has 3 N–H and O–H groups in total. The summed E-state index contributed by atoms with van der Waals surface area (Å²) >= 11 is 0. The van der Waals surface area contributed by atoms with Crippen molar-refractivity contribution in [3.63, 3.8) is 0 Å². The van der Waals surface area contributed by atoms with Gasteiger partial charge in [-0.2, -0.15) is 0 Å². The van der Waals surface area contributed by atoms with Crippen LogP contribution in [0, 0.1) is 5.82 Å². The number of halogens is 1. The number of phenols is 1. The molecule has 0 saturated heterocycles. The molecule has 0 unspecified atom stereocenters. The van der Waals surface area contributed by atoms with Crippen molar-refractivity contribution < 1.29 is 29.2 Å². The van der Waals surface area contributed by atoms with Crippen LogP contribution in [0.1, 0.15) is 36.2 Å². The Labute approximate surface area is 192 Å². The second kappa shape index (κ2) is 11.9. The second-order valence-electron chi connectivity index (χ2n) is 7.51. The first-order valence-electron chi connectivity index (χ1n) is 10.6. The number of aliphatic hydroxyl groups is 2. The maximum absolute atomic E-state index is 13.6. The highest BCUT2D eigenvalue weighted by atomic mass is 19.1. The first kappa shape index (κ1) is 24.1. The number of rotatable bonds is 10. The molecular weight excluding hydrogens is 423 g/mol. The Morgan fingerprint density at radius 2 is 1.64 bits per heavy atom. The van der Waals surface area contributed by atoms with E-state index in [0.29, 0.717) is 22.6 Å². The maximum atomic E-state index is 13.6. The third-order valence-electron chi connectivity index (χ3n) is 5.10. The molecule has 0 aliphatic carbocycles. The van der Waals surface area contributed by atoms with E-state index in [-0.39, 0.29) is 19.4 Å². The van der Waals surface area contributed by atoms with E-state index in [1.165, 1.54) is 12.1 Å². The van der Waals surface area contributed by atoms with Crippen molar-refractivity contribution in [2.24, 2.45) is 0 Å². The van der Waals surface area contributed by atoms with Crippen molar-refractivity contribution >= 4 is 0 Å². The number of ether oxygens (including phenoxy) is 2. The van der Waals surface area contributed by atoms with Crippen LogP contribution in [0.3, 0.4) is 0 Å². The van der Waals surface area contributed by atoms with E-state index < -0.39 is 23.8 Å². The number of benzene rings is 3. The minimum atomic E-state index is -0.963. The van der Waals surface area contributed by atoms with Gasteiger partial charge >= 0.3 is 0 Å². The summed E-state index contributed by atoms with van der Waals surface area (Å²) in [4.78, 5) is 0. The van der Waals surface area contributed by atoms with E-state index >= 15 is 0 Å². The lowest BCUT2D eigenvalue weighted by molar-refractivity contribution is 0.173. The molecule has 0 fully saturated rings. The third-order valence-corrected chi connectivity index (χ3v) is 5.10. The normalized spacial score (nSPS) is 12.4. The van der Waals surface area contributed by atoms with Gasteiger partial charge in [-0.25, -0.2) is 4.39 Å². The molecule has 0 aromatic heterocycles. The highest BCUT2D eigenvalue weighted by Crippen LogP contribution is 2.25. The summed E-state index contributed by atoms with van der Waals surface area (Å²) < 4.78 is 24.5. The molecule has 0 radical (unpaired) electrons. The first-order valence-corrected chi connectivity index (χ1v) is 10.6. The summed E-state index contributed by atoms with van der Waals surface area (Å²) in [5, 5.41) is 30.4. The van der Waals surface area contributed by atoms with Crippen LogP contribution in [-0.2, 0) is 0 Å². The van der Waals surface area contributed by atoms with Crippen LogP contribution in [0.2, 0.25) is 0 Å². The van der Waals surface area contributed by atoms with Crippen LogP contribution >= 0.6 is 0 Å². The van der Waals surface area contributed by atoms with Crippen molar-refractivity contribution in [2.45, 2.75) is 25.0 Å². The zero-order valence-corrected chi connectivity index (χ0v) is 18.3. The topological polar surface area (TPSA) is 79.2 Å². The second-order valence-corrected chi connectivity index (χ2v) is 7.51. The number of aliphatic hydroxyl groups excluding tert-OH is 2. The number of methoxy groups -OCH3 is 1. The summed E-state index contributed by atoms with van der Waals surface area (Å²) in [5.41, 5.74) is 4.90. The molecule has 3 aromatic rings. The Morgan fingerprint density at radius 1 is 0.939 bits per heavy atom. The summed E-state index contributed by atoms with van der Waals surface area (Å²) in [6, 6.07) is 20.2. The lowest BCUT2D eigenvalue weighted by atomic mass is 10.0. The molecule has 0 spiro atoms. The third kappa shape index (κ3) is 7.22. The standard InChI is InChI=1S/C27H27FO5/c1-32-22-13-10-20(11-14-22)27(31)16-19(18-33-23-7-3-2-4-8-23)6-5-9-25(29)21-12-15-26(30)24(28)17-21/h2-5,7-8,10-15,17,25,27,29-31H,9,16,18H2,1H3/t6?,25-,27-/m1/s1. The van der Waals surface area contributed by atoms with Crippen LogP contribution < -0.4 is 9.47 Å². The van der Waals surface area contributed by atoms with E-state index in [1.807, 2.05) is 30.3 Å². The average Bonchev–Trinajstić information content (AvgIpc) is 2.84. The number of aromatic hydroxyl groups is 1. The number of para-hydroxylation sites is 1. The van der Waals surface area contributed by atoms with Crippen LogP contribution in [0.5, 0.6) is 17.2 Å². The Kier molecular flexibility index (Phi) is 8.67. The van der Waals surface area contributed by atoms with E-state index in [1.54, 1.807) is 37.5 Å². The van der Waals surface area contributed by atoms with Gasteiger partial charge in [0.05, 0.1) is 19.3 Å². The fourth-order valence-electron chi connectivity index (χ4n) is 3.21. The molecule has 33 heavy (non-hydrogen) atoms. The fourth-order valence-corrected chi connectivity index (χ4v) is 3.21. The summed E-state index contributed by atoms with van der Waals surface area (Å²) in [6.45, 7) is 0.206. The molecule has 172 valence electrons. The molecular formula is C27H27FO5. The van der Waals surface area contributed by atoms with Crippen molar-refractivity contribution in [3.05, 3.63) is 107 Å². The van der Waals surface area contributed by atoms with Gasteiger partial charge in [-0.05, 0) is 53.6 Å². The first-order chi connectivity index (χ1) is 16.0. The molecule has 0 saturated carbocycles. The highest BCUT2D eigenvalue weighted by Gasteiger charge is 2.12. The molecule has 3 rings (SSSR count). The minimum absolute atomic E-state index is 0.178. The van der Waals surface area contributed by atoms with E-state index in [0.717, 1.165) is 11.6 Å². The van der Waals surface area contributed by atoms with Gasteiger partial charge in [-0.3, -0.25) is 0 Å². The molecule has 0 amide bonds. The largest absolute Gasteiger partial charge is 0.505 e. The van der Waals surface area contributed by atoms with Crippen molar-refractivity contribution in [2.75, 3.05) is 13.7 Å². The Morgan fingerprint density at radius 3 is 2.30 bits per heavy atom. The molecule has 5 nitrogen and oxygen atoms in total. The van der Waals surface area contributed by atoms with Crippen molar-refractivity contribution in [3.8, 4) is 17.2 Å². The minimum Gasteiger partial charge on any atom is -0.505 e. The molecule has 0 aliphatic rings.